The van der Waals surface area contributed by atoms with Crippen molar-refractivity contribution < 1.29 is 8.78 Å². The van der Waals surface area contributed by atoms with Gasteiger partial charge in [-0.1, -0.05) is 5.92 Å². The second kappa shape index (κ2) is 4.11. The lowest BCUT2D eigenvalue weighted by Gasteiger charge is -2.01. The van der Waals surface area contributed by atoms with Gasteiger partial charge >= 0.3 is 0 Å². The summed E-state index contributed by atoms with van der Waals surface area (Å²) in [7, 11) is 0. The Morgan fingerprint density at radius 1 is 1.06 bits per heavy atom. The Bertz CT molecular complexity index is 533. The molecule has 1 heterocycles. The first-order chi connectivity index (χ1) is 7.69. The molecule has 0 radical (unpaired) electrons. The molecule has 0 aliphatic rings. The van der Waals surface area contributed by atoms with Crippen LogP contribution in [0.25, 0.3) is 11.3 Å². The number of halogens is 2. The second-order valence-electron chi connectivity index (χ2n) is 3.23. The molecule has 2 rings (SSSR count). The first-order valence-corrected chi connectivity index (χ1v) is 4.58. The summed E-state index contributed by atoms with van der Waals surface area (Å²) in [6.07, 6.45) is 6.66. The normalized spacial score (nSPS) is 9.81. The monoisotopic (exact) mass is 215 g/mol. The van der Waals surface area contributed by atoms with Crippen molar-refractivity contribution in [3.05, 3.63) is 53.7 Å². The molecule has 1 aromatic carbocycles. The molecule has 0 amide bonds. The van der Waals surface area contributed by atoms with Gasteiger partial charge in [0.1, 0.15) is 11.6 Å². The fourth-order valence-electron chi connectivity index (χ4n) is 1.35. The van der Waals surface area contributed by atoms with Crippen LogP contribution in [0.2, 0.25) is 0 Å². The van der Waals surface area contributed by atoms with Crippen LogP contribution in [0, 0.1) is 24.0 Å². The molecule has 0 unspecified atom stereocenters. The van der Waals surface area contributed by atoms with Crippen LogP contribution in [0.5, 0.6) is 0 Å². The summed E-state index contributed by atoms with van der Waals surface area (Å²) < 4.78 is 25.9. The van der Waals surface area contributed by atoms with Gasteiger partial charge in [-0.2, -0.15) is 0 Å². The van der Waals surface area contributed by atoms with Crippen LogP contribution >= 0.6 is 0 Å². The van der Waals surface area contributed by atoms with E-state index in [1.165, 1.54) is 18.3 Å². The number of hydrogen-bond acceptors (Lipinski definition) is 1. The summed E-state index contributed by atoms with van der Waals surface area (Å²) in [5.41, 5.74) is 1.50. The standard InChI is InChI=1S/C13H7F2N/c1-2-9-3-4-13(16-8-9)10-5-11(14)7-12(15)6-10/h1,3-8H. The van der Waals surface area contributed by atoms with E-state index in [9.17, 15) is 8.78 Å². The Hall–Kier alpha value is -2.21. The van der Waals surface area contributed by atoms with E-state index in [1.807, 2.05) is 0 Å². The predicted octanol–water partition coefficient (Wildman–Crippen LogP) is 3.01. The zero-order valence-corrected chi connectivity index (χ0v) is 8.24. The molecule has 0 N–H and O–H groups in total. The Labute approximate surface area is 91.8 Å². The van der Waals surface area contributed by atoms with Gasteiger partial charge in [0.25, 0.3) is 0 Å². The Morgan fingerprint density at radius 2 is 1.75 bits per heavy atom. The van der Waals surface area contributed by atoms with Gasteiger partial charge in [-0.3, -0.25) is 4.98 Å². The molecule has 2 aromatic rings. The maximum Gasteiger partial charge on any atom is 0.126 e. The van der Waals surface area contributed by atoms with E-state index in [1.54, 1.807) is 12.1 Å². The minimum atomic E-state index is -0.627. The van der Waals surface area contributed by atoms with E-state index < -0.39 is 11.6 Å². The average Bonchev–Trinajstić information content (AvgIpc) is 2.28. The molecule has 0 atom stereocenters. The van der Waals surface area contributed by atoms with Crippen molar-refractivity contribution in [1.82, 2.24) is 4.98 Å². The first-order valence-electron chi connectivity index (χ1n) is 4.58. The van der Waals surface area contributed by atoms with Gasteiger partial charge in [-0.25, -0.2) is 8.78 Å². The van der Waals surface area contributed by atoms with Gasteiger partial charge in [0.2, 0.25) is 0 Å². The third-order valence-corrected chi connectivity index (χ3v) is 2.09. The molecule has 16 heavy (non-hydrogen) atoms. The van der Waals surface area contributed by atoms with Crippen LogP contribution in [0.1, 0.15) is 5.56 Å². The SMILES string of the molecule is C#Cc1ccc(-c2cc(F)cc(F)c2)nc1. The maximum atomic E-state index is 13.0. The van der Waals surface area contributed by atoms with E-state index in [-0.39, 0.29) is 0 Å². The highest BCUT2D eigenvalue weighted by molar-refractivity contribution is 5.59. The molecule has 3 heteroatoms. The molecule has 0 aliphatic heterocycles. The Kier molecular flexibility index (Phi) is 2.65. The van der Waals surface area contributed by atoms with Crippen molar-refractivity contribution in [2.24, 2.45) is 0 Å². The molecule has 0 aliphatic carbocycles. The summed E-state index contributed by atoms with van der Waals surface area (Å²) in [6, 6.07) is 6.57. The maximum absolute atomic E-state index is 13.0. The van der Waals surface area contributed by atoms with Crippen molar-refractivity contribution in [1.29, 1.82) is 0 Å². The van der Waals surface area contributed by atoms with Crippen LogP contribution in [0.4, 0.5) is 8.78 Å². The van der Waals surface area contributed by atoms with Crippen LogP contribution in [0.15, 0.2) is 36.5 Å². The highest BCUT2D eigenvalue weighted by Gasteiger charge is 2.03. The van der Waals surface area contributed by atoms with Gasteiger partial charge in [0, 0.05) is 23.4 Å². The third-order valence-electron chi connectivity index (χ3n) is 2.09. The molecule has 0 saturated carbocycles. The molecule has 0 fully saturated rings. The van der Waals surface area contributed by atoms with Crippen molar-refractivity contribution >= 4 is 0 Å². The quantitative estimate of drug-likeness (QED) is 0.666. The Morgan fingerprint density at radius 3 is 2.25 bits per heavy atom. The molecule has 0 bridgehead atoms. The minimum Gasteiger partial charge on any atom is -0.255 e. The number of nitrogens with zero attached hydrogens (tertiary/aromatic N) is 1. The summed E-state index contributed by atoms with van der Waals surface area (Å²) >= 11 is 0. The van der Waals surface area contributed by atoms with Gasteiger partial charge < -0.3 is 0 Å². The second-order valence-corrected chi connectivity index (χ2v) is 3.23. The topological polar surface area (TPSA) is 12.9 Å². The van der Waals surface area contributed by atoms with Crippen LogP contribution in [-0.2, 0) is 0 Å². The van der Waals surface area contributed by atoms with E-state index in [2.05, 4.69) is 10.9 Å². The lowest BCUT2D eigenvalue weighted by Crippen LogP contribution is -1.87. The largest absolute Gasteiger partial charge is 0.255 e. The molecular formula is C13H7F2N. The van der Waals surface area contributed by atoms with Crippen molar-refractivity contribution in [2.45, 2.75) is 0 Å². The molecule has 0 spiro atoms. The summed E-state index contributed by atoms with van der Waals surface area (Å²) in [6.45, 7) is 0. The van der Waals surface area contributed by atoms with Gasteiger partial charge in [-0.05, 0) is 24.3 Å². The fraction of sp³-hybridized carbons (Fsp3) is 0. The zero-order valence-electron chi connectivity index (χ0n) is 8.24. The van der Waals surface area contributed by atoms with Gasteiger partial charge in [-0.15, -0.1) is 6.42 Å². The highest BCUT2D eigenvalue weighted by atomic mass is 19.1. The number of aromatic nitrogens is 1. The number of terminal acetylenes is 1. The Balaban J connectivity index is 2.47. The highest BCUT2D eigenvalue weighted by Crippen LogP contribution is 2.19. The van der Waals surface area contributed by atoms with E-state index in [0.717, 1.165) is 6.07 Å². The van der Waals surface area contributed by atoms with Gasteiger partial charge in [0.05, 0.1) is 5.69 Å². The van der Waals surface area contributed by atoms with Crippen LogP contribution < -0.4 is 0 Å². The molecule has 0 saturated heterocycles. The number of rotatable bonds is 1. The van der Waals surface area contributed by atoms with Crippen LogP contribution in [0.3, 0.4) is 0 Å². The minimum absolute atomic E-state index is 0.390. The van der Waals surface area contributed by atoms with Gasteiger partial charge in [0.15, 0.2) is 0 Å². The zero-order chi connectivity index (χ0) is 11.5. The summed E-state index contributed by atoms with van der Waals surface area (Å²) in [5, 5.41) is 0. The van der Waals surface area contributed by atoms with Crippen molar-refractivity contribution in [2.75, 3.05) is 0 Å². The average molecular weight is 215 g/mol. The van der Waals surface area contributed by atoms with Crippen LogP contribution in [-0.4, -0.2) is 4.98 Å². The van der Waals surface area contributed by atoms with Crippen molar-refractivity contribution in [3.8, 4) is 23.6 Å². The predicted molar refractivity (Wildman–Crippen MR) is 57.5 cm³/mol. The third kappa shape index (κ3) is 2.06. The lowest BCUT2D eigenvalue weighted by molar-refractivity contribution is 0.584. The van der Waals surface area contributed by atoms with E-state index >= 15 is 0 Å². The van der Waals surface area contributed by atoms with Crippen molar-refractivity contribution in [3.63, 3.8) is 0 Å². The summed E-state index contributed by atoms with van der Waals surface area (Å²) in [4.78, 5) is 4.03. The van der Waals surface area contributed by atoms with E-state index in [0.29, 0.717) is 16.8 Å². The number of pyridine rings is 1. The smallest absolute Gasteiger partial charge is 0.126 e. The number of hydrogen-bond donors (Lipinski definition) is 0. The summed E-state index contributed by atoms with van der Waals surface area (Å²) in [5.74, 6) is 1.16. The first kappa shape index (κ1) is 10.3. The van der Waals surface area contributed by atoms with E-state index in [4.69, 9.17) is 6.42 Å². The molecule has 1 aromatic heterocycles. The molecular weight excluding hydrogens is 208 g/mol. The lowest BCUT2D eigenvalue weighted by atomic mass is 10.1. The fourth-order valence-corrected chi connectivity index (χ4v) is 1.35. The molecule has 78 valence electrons. The molecule has 1 nitrogen and oxygen atoms in total. The number of benzene rings is 1.